The monoisotopic (exact) mass is 457 g/mol. The smallest absolute Gasteiger partial charge is 0.270 e. The van der Waals surface area contributed by atoms with Crippen LogP contribution in [0.4, 0.5) is 11.4 Å². The lowest BCUT2D eigenvalue weighted by atomic mass is 10.1. The number of anilines is 1. The molecule has 4 rings (SSSR count). The molecule has 0 radical (unpaired) electrons. The highest BCUT2D eigenvalue weighted by Crippen LogP contribution is 2.28. The summed E-state index contributed by atoms with van der Waals surface area (Å²) in [4.78, 5) is 35.7. The molecule has 1 heterocycles. The van der Waals surface area contributed by atoms with E-state index in [1.165, 1.54) is 12.1 Å². The second-order valence-electron chi connectivity index (χ2n) is 7.08. The topological polar surface area (TPSA) is 128 Å². The summed E-state index contributed by atoms with van der Waals surface area (Å²) in [5.74, 6) is -0.555. The number of para-hydroxylation sites is 1. The molecule has 0 fully saturated rings. The summed E-state index contributed by atoms with van der Waals surface area (Å²) < 4.78 is 7.40. The van der Waals surface area contributed by atoms with Crippen LogP contribution in [0, 0.1) is 10.1 Å². The van der Waals surface area contributed by atoms with Crippen LogP contribution in [-0.4, -0.2) is 33.1 Å². The number of hydrogen-bond acceptors (Lipinski definition) is 6. The number of amides is 2. The van der Waals surface area contributed by atoms with Crippen LogP contribution in [0.25, 0.3) is 5.69 Å². The number of hydrogen-bond donors (Lipinski definition) is 2. The number of rotatable bonds is 8. The third-order valence-corrected chi connectivity index (χ3v) is 4.72. The van der Waals surface area contributed by atoms with Gasteiger partial charge in [0.25, 0.3) is 11.6 Å². The van der Waals surface area contributed by atoms with Crippen molar-refractivity contribution in [1.29, 1.82) is 0 Å². The van der Waals surface area contributed by atoms with Crippen molar-refractivity contribution < 1.29 is 19.2 Å². The fraction of sp³-hybridized carbons (Fsp3) is 0.0417. The predicted molar refractivity (Wildman–Crippen MR) is 124 cm³/mol. The SMILES string of the molecule is O=C(CNC(=O)c1cc([N+](=O)[O-])ccc1Oc1ccccc1)Nc1ccc(-n2cccn2)cc1. The van der Waals surface area contributed by atoms with Crippen LogP contribution in [0.2, 0.25) is 0 Å². The average molecular weight is 457 g/mol. The Hall–Kier alpha value is -4.99. The van der Waals surface area contributed by atoms with Gasteiger partial charge < -0.3 is 15.4 Å². The van der Waals surface area contributed by atoms with Gasteiger partial charge in [-0.15, -0.1) is 0 Å². The molecule has 0 unspecified atom stereocenters. The number of nitro groups is 1. The molecule has 0 atom stereocenters. The molecular weight excluding hydrogens is 438 g/mol. The van der Waals surface area contributed by atoms with E-state index in [-0.39, 0.29) is 23.5 Å². The Labute approximate surface area is 193 Å². The van der Waals surface area contributed by atoms with E-state index in [1.807, 2.05) is 0 Å². The van der Waals surface area contributed by atoms with Gasteiger partial charge >= 0.3 is 0 Å². The van der Waals surface area contributed by atoms with Crippen molar-refractivity contribution >= 4 is 23.2 Å². The molecule has 0 saturated carbocycles. The Morgan fingerprint density at radius 2 is 1.76 bits per heavy atom. The van der Waals surface area contributed by atoms with Crippen molar-refractivity contribution in [3.63, 3.8) is 0 Å². The highest BCUT2D eigenvalue weighted by molar-refractivity contribution is 6.01. The lowest BCUT2D eigenvalue weighted by Crippen LogP contribution is -2.33. The number of nitro benzene ring substituents is 1. The van der Waals surface area contributed by atoms with E-state index >= 15 is 0 Å². The summed E-state index contributed by atoms with van der Waals surface area (Å²) in [7, 11) is 0. The maximum absolute atomic E-state index is 12.8. The standard InChI is InChI=1S/C24H19N5O5/c30-23(27-17-7-9-18(10-8-17)28-14-4-13-26-28)16-25-24(31)21-15-19(29(32)33)11-12-22(21)34-20-5-2-1-3-6-20/h1-15H,16H2,(H,25,31)(H,27,30). The molecule has 170 valence electrons. The summed E-state index contributed by atoms with van der Waals surface area (Å²) in [6, 6.07) is 21.2. The van der Waals surface area contributed by atoms with Crippen LogP contribution < -0.4 is 15.4 Å². The van der Waals surface area contributed by atoms with Crippen molar-refractivity contribution in [3.8, 4) is 17.2 Å². The van der Waals surface area contributed by atoms with Crippen LogP contribution in [0.15, 0.2) is 91.3 Å². The summed E-state index contributed by atoms with van der Waals surface area (Å²) >= 11 is 0. The van der Waals surface area contributed by atoms with Crippen molar-refractivity contribution in [1.82, 2.24) is 15.1 Å². The zero-order valence-electron chi connectivity index (χ0n) is 17.8. The van der Waals surface area contributed by atoms with Crippen molar-refractivity contribution in [2.24, 2.45) is 0 Å². The van der Waals surface area contributed by atoms with Crippen molar-refractivity contribution in [2.75, 3.05) is 11.9 Å². The maximum atomic E-state index is 12.8. The zero-order chi connectivity index (χ0) is 23.9. The average Bonchev–Trinajstić information content (AvgIpc) is 3.39. The summed E-state index contributed by atoms with van der Waals surface area (Å²) in [6.07, 6.45) is 3.46. The van der Waals surface area contributed by atoms with E-state index in [4.69, 9.17) is 4.74 Å². The molecule has 0 spiro atoms. The number of non-ortho nitro benzene ring substituents is 1. The molecule has 1 aromatic heterocycles. The lowest BCUT2D eigenvalue weighted by molar-refractivity contribution is -0.384. The molecule has 2 amide bonds. The van der Waals surface area contributed by atoms with E-state index in [9.17, 15) is 19.7 Å². The molecular formula is C24H19N5O5. The molecule has 4 aromatic rings. The highest BCUT2D eigenvalue weighted by Gasteiger charge is 2.19. The second kappa shape index (κ2) is 10.1. The zero-order valence-corrected chi connectivity index (χ0v) is 17.8. The third kappa shape index (κ3) is 5.43. The first-order chi connectivity index (χ1) is 16.5. The molecule has 10 nitrogen and oxygen atoms in total. The van der Waals surface area contributed by atoms with Crippen LogP contribution in [0.5, 0.6) is 11.5 Å². The minimum atomic E-state index is -0.682. The number of ether oxygens (including phenoxy) is 1. The number of nitrogens with zero attached hydrogens (tertiary/aromatic N) is 3. The van der Waals surface area contributed by atoms with E-state index in [0.29, 0.717) is 11.4 Å². The van der Waals surface area contributed by atoms with E-state index in [1.54, 1.807) is 77.7 Å². The van der Waals surface area contributed by atoms with E-state index in [2.05, 4.69) is 15.7 Å². The molecule has 34 heavy (non-hydrogen) atoms. The number of carbonyl (C=O) groups is 2. The summed E-state index contributed by atoms with van der Waals surface area (Å²) in [5, 5.41) is 20.5. The van der Waals surface area contributed by atoms with Crippen LogP contribution in [0.1, 0.15) is 10.4 Å². The Balaban J connectivity index is 1.41. The van der Waals surface area contributed by atoms with Crippen LogP contribution >= 0.6 is 0 Å². The Morgan fingerprint density at radius 3 is 2.44 bits per heavy atom. The van der Waals surface area contributed by atoms with Gasteiger partial charge in [-0.2, -0.15) is 5.10 Å². The molecule has 0 aliphatic rings. The van der Waals surface area contributed by atoms with Gasteiger partial charge in [-0.25, -0.2) is 4.68 Å². The number of benzene rings is 3. The summed E-state index contributed by atoms with van der Waals surface area (Å²) in [5.41, 5.74) is 1.04. The third-order valence-electron chi connectivity index (χ3n) is 4.72. The fourth-order valence-corrected chi connectivity index (χ4v) is 3.09. The highest BCUT2D eigenvalue weighted by atomic mass is 16.6. The fourth-order valence-electron chi connectivity index (χ4n) is 3.09. The minimum Gasteiger partial charge on any atom is -0.457 e. The van der Waals surface area contributed by atoms with Gasteiger partial charge in [0, 0.05) is 30.2 Å². The predicted octanol–water partition coefficient (Wildman–Crippen LogP) is 3.94. The van der Waals surface area contributed by atoms with Gasteiger partial charge in [0.2, 0.25) is 5.91 Å². The second-order valence-corrected chi connectivity index (χ2v) is 7.08. The van der Waals surface area contributed by atoms with Gasteiger partial charge in [0.05, 0.1) is 22.7 Å². The first-order valence-electron chi connectivity index (χ1n) is 10.2. The van der Waals surface area contributed by atoms with E-state index in [0.717, 1.165) is 11.8 Å². The van der Waals surface area contributed by atoms with E-state index < -0.39 is 16.7 Å². The van der Waals surface area contributed by atoms with Crippen LogP contribution in [-0.2, 0) is 4.79 Å². The van der Waals surface area contributed by atoms with Gasteiger partial charge in [-0.05, 0) is 48.5 Å². The normalized spacial score (nSPS) is 10.4. The maximum Gasteiger partial charge on any atom is 0.270 e. The lowest BCUT2D eigenvalue weighted by Gasteiger charge is -2.12. The van der Waals surface area contributed by atoms with Gasteiger partial charge in [0.15, 0.2) is 0 Å². The molecule has 0 aliphatic carbocycles. The first-order valence-corrected chi connectivity index (χ1v) is 10.2. The largest absolute Gasteiger partial charge is 0.457 e. The van der Waals surface area contributed by atoms with Crippen molar-refractivity contribution in [3.05, 3.63) is 107 Å². The van der Waals surface area contributed by atoms with Gasteiger partial charge in [-0.1, -0.05) is 18.2 Å². The quantitative estimate of drug-likeness (QED) is 0.305. The Bertz CT molecular complexity index is 1310. The molecule has 0 aliphatic heterocycles. The number of aromatic nitrogens is 2. The summed E-state index contributed by atoms with van der Waals surface area (Å²) in [6.45, 7) is -0.340. The molecule has 0 bridgehead atoms. The van der Waals surface area contributed by atoms with Crippen molar-refractivity contribution in [2.45, 2.75) is 0 Å². The van der Waals surface area contributed by atoms with Gasteiger partial charge in [0.1, 0.15) is 11.5 Å². The molecule has 0 saturated heterocycles. The minimum absolute atomic E-state index is 0.0607. The molecule has 3 aromatic carbocycles. The van der Waals surface area contributed by atoms with Gasteiger partial charge in [-0.3, -0.25) is 19.7 Å². The Morgan fingerprint density at radius 1 is 1.00 bits per heavy atom. The number of carbonyl (C=O) groups excluding carboxylic acids is 2. The first kappa shape index (κ1) is 22.2. The van der Waals surface area contributed by atoms with Crippen LogP contribution in [0.3, 0.4) is 0 Å². The Kier molecular flexibility index (Phi) is 6.59. The molecule has 10 heteroatoms. The molecule has 2 N–H and O–H groups in total. The number of nitrogens with one attached hydrogen (secondary N) is 2.